The van der Waals surface area contributed by atoms with E-state index in [1.807, 2.05) is 6.92 Å². The Labute approximate surface area is 287 Å². The molecule has 0 saturated heterocycles. The molecular weight excluding hydrogens is 636 g/mol. The highest BCUT2D eigenvalue weighted by Crippen LogP contribution is 2.67. The second-order valence-electron chi connectivity index (χ2n) is 16.3. The van der Waals surface area contributed by atoms with Crippen molar-refractivity contribution < 1.29 is 53.9 Å². The van der Waals surface area contributed by atoms with Gasteiger partial charge in [0.25, 0.3) is 0 Å². The van der Waals surface area contributed by atoms with E-state index in [0.717, 1.165) is 18.4 Å². The minimum absolute atomic E-state index is 0.0235. The van der Waals surface area contributed by atoms with Crippen molar-refractivity contribution in [1.82, 2.24) is 10.6 Å². The number of carboxylic acid groups (broad SMARTS) is 1. The molecule has 0 aliphatic heterocycles. The zero-order valence-corrected chi connectivity index (χ0v) is 29.5. The summed E-state index contributed by atoms with van der Waals surface area (Å²) in [5.74, 6) is -4.32. The number of Topliss-reactive ketones (excluding diaryl/α,β-unsaturated/α-hetero) is 1. The standard InChI is InChI=1S/C36H54N2O11/c1-19(2)29(31(45)37-18-33(3,4)30(44)32(46)47)38-26(42)9-10-27(43)49-17-25(41)36(48)14-12-23-22-8-7-20-15-21(39)11-13-34(20,5)28(22)24(40)16-35(23,36)6/h15,19,22-24,28-30,40,44,48H,7-14,16-18H2,1-6H3,(H,37,45)(H,38,42)(H,46,47)/t22?,23?,24?,28?,29?,30?,34?,35?,36-/m0/s1. The number of carboxylic acids is 1. The summed E-state index contributed by atoms with van der Waals surface area (Å²) in [5.41, 5.74) is -3.10. The first kappa shape index (κ1) is 38.6. The third kappa shape index (κ3) is 7.35. The molecule has 4 aliphatic carbocycles. The maximum absolute atomic E-state index is 13.5. The molecule has 0 aromatic carbocycles. The Morgan fingerprint density at radius 1 is 1.06 bits per heavy atom. The summed E-state index contributed by atoms with van der Waals surface area (Å²) in [6, 6.07) is -0.992. The number of hydrogen-bond donors (Lipinski definition) is 6. The normalized spacial score (nSPS) is 33.7. The number of aliphatic hydroxyl groups is 3. The number of ether oxygens (including phenoxy) is 1. The minimum atomic E-state index is -1.80. The van der Waals surface area contributed by atoms with Crippen LogP contribution in [0.3, 0.4) is 0 Å². The molecule has 3 saturated carbocycles. The highest BCUT2D eigenvalue weighted by atomic mass is 16.5. The Morgan fingerprint density at radius 2 is 1.73 bits per heavy atom. The number of carbonyl (C=O) groups is 6. The number of aliphatic hydroxyl groups excluding tert-OH is 2. The smallest absolute Gasteiger partial charge is 0.333 e. The third-order valence-electron chi connectivity index (χ3n) is 12.4. The topological polar surface area (TPSA) is 217 Å². The molecule has 0 heterocycles. The summed E-state index contributed by atoms with van der Waals surface area (Å²) in [7, 11) is 0. The molecular formula is C36H54N2O11. The molecule has 13 heteroatoms. The van der Waals surface area contributed by atoms with Crippen LogP contribution in [-0.4, -0.2) is 92.7 Å². The zero-order valence-electron chi connectivity index (χ0n) is 29.5. The first-order chi connectivity index (χ1) is 22.7. The number of carbonyl (C=O) groups excluding carboxylic acids is 5. The van der Waals surface area contributed by atoms with Crippen LogP contribution in [0.1, 0.15) is 99.3 Å². The van der Waals surface area contributed by atoms with Gasteiger partial charge in [-0.3, -0.25) is 24.0 Å². The van der Waals surface area contributed by atoms with Gasteiger partial charge in [-0.15, -0.1) is 0 Å². The number of allylic oxidation sites excluding steroid dienone is 1. The molecule has 4 aliphatic rings. The maximum Gasteiger partial charge on any atom is 0.333 e. The van der Waals surface area contributed by atoms with Crippen molar-refractivity contribution in [3.8, 4) is 0 Å². The molecule has 274 valence electrons. The van der Waals surface area contributed by atoms with Gasteiger partial charge in [0.15, 0.2) is 18.5 Å². The molecule has 9 atom stereocenters. The predicted octanol–water partition coefficient (Wildman–Crippen LogP) is 1.84. The van der Waals surface area contributed by atoms with Crippen molar-refractivity contribution in [2.24, 2.45) is 39.9 Å². The predicted molar refractivity (Wildman–Crippen MR) is 175 cm³/mol. The number of nitrogens with one attached hydrogen (secondary N) is 2. The quantitative estimate of drug-likeness (QED) is 0.153. The molecule has 0 radical (unpaired) electrons. The second-order valence-corrected chi connectivity index (χ2v) is 16.3. The molecule has 0 aromatic rings. The molecule has 4 rings (SSSR count). The second kappa shape index (κ2) is 14.2. The zero-order chi connectivity index (χ0) is 36.7. The van der Waals surface area contributed by atoms with Crippen molar-refractivity contribution in [3.05, 3.63) is 11.6 Å². The van der Waals surface area contributed by atoms with Crippen LogP contribution in [0, 0.1) is 39.9 Å². The number of amides is 2. The van der Waals surface area contributed by atoms with Crippen molar-refractivity contribution in [2.45, 2.75) is 123 Å². The number of esters is 1. The van der Waals surface area contributed by atoms with Crippen LogP contribution < -0.4 is 10.6 Å². The molecule has 6 N–H and O–H groups in total. The lowest BCUT2D eigenvalue weighted by Gasteiger charge is -2.60. The van der Waals surface area contributed by atoms with Gasteiger partial charge < -0.3 is 35.8 Å². The van der Waals surface area contributed by atoms with Crippen molar-refractivity contribution in [3.63, 3.8) is 0 Å². The number of rotatable bonds is 13. The van der Waals surface area contributed by atoms with Gasteiger partial charge in [-0.05, 0) is 73.7 Å². The summed E-state index contributed by atoms with van der Waals surface area (Å²) in [6.07, 6.45) is 2.21. The molecule has 0 bridgehead atoms. The number of fused-ring (bicyclic) bond motifs is 5. The lowest BCUT2D eigenvalue weighted by Crippen LogP contribution is -2.62. The van der Waals surface area contributed by atoms with E-state index in [4.69, 9.17) is 9.84 Å². The van der Waals surface area contributed by atoms with Gasteiger partial charge in [0.05, 0.1) is 12.5 Å². The van der Waals surface area contributed by atoms with E-state index in [2.05, 4.69) is 17.6 Å². The van der Waals surface area contributed by atoms with E-state index in [1.165, 1.54) is 13.8 Å². The van der Waals surface area contributed by atoms with Crippen LogP contribution in [0.4, 0.5) is 0 Å². The van der Waals surface area contributed by atoms with Gasteiger partial charge in [-0.25, -0.2) is 4.79 Å². The van der Waals surface area contributed by atoms with Gasteiger partial charge in [-0.1, -0.05) is 47.1 Å². The summed E-state index contributed by atoms with van der Waals surface area (Å²) >= 11 is 0. The Hall–Kier alpha value is -3.16. The molecule has 0 aromatic heterocycles. The monoisotopic (exact) mass is 690 g/mol. The summed E-state index contributed by atoms with van der Waals surface area (Å²) in [4.78, 5) is 74.9. The van der Waals surface area contributed by atoms with Crippen molar-refractivity contribution >= 4 is 35.3 Å². The van der Waals surface area contributed by atoms with E-state index in [1.54, 1.807) is 19.9 Å². The maximum atomic E-state index is 13.5. The van der Waals surface area contributed by atoms with Gasteiger partial charge in [0, 0.05) is 30.2 Å². The summed E-state index contributed by atoms with van der Waals surface area (Å²) < 4.78 is 5.22. The van der Waals surface area contributed by atoms with E-state index < -0.39 is 70.8 Å². The highest BCUT2D eigenvalue weighted by molar-refractivity contribution is 5.93. The van der Waals surface area contributed by atoms with Crippen LogP contribution in [0.25, 0.3) is 0 Å². The van der Waals surface area contributed by atoms with Gasteiger partial charge in [0.1, 0.15) is 11.6 Å². The molecule has 0 spiro atoms. The Balaban J connectivity index is 1.30. The number of aliphatic carboxylic acids is 1. The number of ketones is 2. The molecule has 13 nitrogen and oxygen atoms in total. The fourth-order valence-electron chi connectivity index (χ4n) is 9.34. The largest absolute Gasteiger partial charge is 0.479 e. The summed E-state index contributed by atoms with van der Waals surface area (Å²) in [5, 5.41) is 47.6. The Kier molecular flexibility index (Phi) is 11.2. The average Bonchev–Trinajstić information content (AvgIpc) is 3.30. The molecule has 3 fully saturated rings. The van der Waals surface area contributed by atoms with Crippen LogP contribution >= 0.6 is 0 Å². The van der Waals surface area contributed by atoms with E-state index >= 15 is 0 Å². The average molecular weight is 691 g/mol. The summed E-state index contributed by atoms with van der Waals surface area (Å²) in [6.45, 7) is 9.51. The Bertz CT molecular complexity index is 1390. The molecule has 49 heavy (non-hydrogen) atoms. The number of hydrogen-bond acceptors (Lipinski definition) is 10. The van der Waals surface area contributed by atoms with E-state index in [-0.39, 0.29) is 67.1 Å². The van der Waals surface area contributed by atoms with E-state index in [9.17, 15) is 44.1 Å². The lowest BCUT2D eigenvalue weighted by molar-refractivity contribution is -0.184. The van der Waals surface area contributed by atoms with Crippen LogP contribution in [-0.2, 0) is 33.5 Å². The Morgan fingerprint density at radius 3 is 2.37 bits per heavy atom. The lowest BCUT2D eigenvalue weighted by atomic mass is 9.45. The molecule has 8 unspecified atom stereocenters. The fraction of sp³-hybridized carbons (Fsp3) is 0.778. The first-order valence-electron chi connectivity index (χ1n) is 17.5. The SMILES string of the molecule is CC(C)C(NC(=O)CCC(=O)OCC(=O)[C@@]1(O)CCC2C3CCC4=CC(=O)CCC4(C)C3C(O)CC21C)C(=O)NCC(C)(C)C(O)C(=O)O. The first-order valence-corrected chi connectivity index (χ1v) is 17.5. The fourth-order valence-corrected chi connectivity index (χ4v) is 9.34. The van der Waals surface area contributed by atoms with Gasteiger partial charge in [0.2, 0.25) is 17.6 Å². The van der Waals surface area contributed by atoms with Gasteiger partial charge in [-0.2, -0.15) is 0 Å². The van der Waals surface area contributed by atoms with Crippen molar-refractivity contribution in [2.75, 3.05) is 13.2 Å². The van der Waals surface area contributed by atoms with Crippen LogP contribution in [0.15, 0.2) is 11.6 Å². The van der Waals surface area contributed by atoms with Crippen LogP contribution in [0.2, 0.25) is 0 Å². The van der Waals surface area contributed by atoms with E-state index in [0.29, 0.717) is 19.3 Å². The van der Waals surface area contributed by atoms with Gasteiger partial charge >= 0.3 is 11.9 Å². The third-order valence-corrected chi connectivity index (χ3v) is 12.4. The molecule has 2 amide bonds. The highest BCUT2D eigenvalue weighted by Gasteiger charge is 2.68. The minimum Gasteiger partial charge on any atom is -0.479 e. The van der Waals surface area contributed by atoms with Crippen LogP contribution in [0.5, 0.6) is 0 Å². The van der Waals surface area contributed by atoms with Crippen molar-refractivity contribution in [1.29, 1.82) is 0 Å².